The Bertz CT molecular complexity index is 398. The van der Waals surface area contributed by atoms with E-state index in [2.05, 4.69) is 17.9 Å². The number of nitrogens with two attached hydrogens (primary N) is 1. The summed E-state index contributed by atoms with van der Waals surface area (Å²) < 4.78 is 5.34. The Kier molecular flexibility index (Phi) is 5.31. The van der Waals surface area contributed by atoms with E-state index in [9.17, 15) is 0 Å². The standard InChI is InChI=1S/C13H19N3O/c1-3-16(7-8-17-4-2)13-6-5-12(15)9-11(13)10-14/h5-6,9H,3-4,7-8,15H2,1-2H3. The number of ether oxygens (including phenoxy) is 1. The molecular formula is C13H19N3O. The van der Waals surface area contributed by atoms with Crippen LogP contribution in [0.5, 0.6) is 0 Å². The van der Waals surface area contributed by atoms with Gasteiger partial charge in [0.15, 0.2) is 0 Å². The van der Waals surface area contributed by atoms with E-state index in [-0.39, 0.29) is 0 Å². The molecule has 0 amide bonds. The predicted molar refractivity (Wildman–Crippen MR) is 69.9 cm³/mol. The van der Waals surface area contributed by atoms with Crippen LogP contribution in [0.3, 0.4) is 0 Å². The fourth-order valence-corrected chi connectivity index (χ4v) is 1.69. The van der Waals surface area contributed by atoms with Gasteiger partial charge in [-0.15, -0.1) is 0 Å². The average Bonchev–Trinajstić information content (AvgIpc) is 2.35. The first-order chi connectivity index (χ1) is 8.22. The Labute approximate surface area is 103 Å². The van der Waals surface area contributed by atoms with Crippen LogP contribution in [0.1, 0.15) is 19.4 Å². The highest BCUT2D eigenvalue weighted by molar-refractivity contribution is 5.64. The fraction of sp³-hybridized carbons (Fsp3) is 0.462. The molecule has 0 saturated carbocycles. The number of hydrogen-bond acceptors (Lipinski definition) is 4. The number of likely N-dealkylation sites (N-methyl/N-ethyl adjacent to an activating group) is 1. The van der Waals surface area contributed by atoms with E-state index in [1.165, 1.54) is 0 Å². The second-order valence-corrected chi connectivity index (χ2v) is 3.66. The smallest absolute Gasteiger partial charge is 0.101 e. The molecule has 2 N–H and O–H groups in total. The maximum Gasteiger partial charge on any atom is 0.101 e. The van der Waals surface area contributed by atoms with Gasteiger partial charge in [0.1, 0.15) is 6.07 Å². The SMILES string of the molecule is CCOCCN(CC)c1ccc(N)cc1C#N. The third-order valence-corrected chi connectivity index (χ3v) is 2.57. The van der Waals surface area contributed by atoms with Gasteiger partial charge in [-0.3, -0.25) is 0 Å². The van der Waals surface area contributed by atoms with Crippen molar-refractivity contribution in [2.24, 2.45) is 0 Å². The maximum absolute atomic E-state index is 9.10. The average molecular weight is 233 g/mol. The summed E-state index contributed by atoms with van der Waals surface area (Å²) in [5.41, 5.74) is 7.82. The summed E-state index contributed by atoms with van der Waals surface area (Å²) in [7, 11) is 0. The van der Waals surface area contributed by atoms with Crippen molar-refractivity contribution in [1.82, 2.24) is 0 Å². The van der Waals surface area contributed by atoms with Gasteiger partial charge in [-0.25, -0.2) is 0 Å². The Morgan fingerprint density at radius 1 is 1.41 bits per heavy atom. The number of rotatable bonds is 6. The summed E-state index contributed by atoms with van der Waals surface area (Å²) in [6, 6.07) is 7.60. The molecule has 4 heteroatoms. The summed E-state index contributed by atoms with van der Waals surface area (Å²) in [5.74, 6) is 0. The number of benzene rings is 1. The van der Waals surface area contributed by atoms with E-state index in [1.807, 2.05) is 19.1 Å². The molecule has 4 nitrogen and oxygen atoms in total. The molecule has 0 radical (unpaired) electrons. The van der Waals surface area contributed by atoms with E-state index < -0.39 is 0 Å². The van der Waals surface area contributed by atoms with E-state index in [1.54, 1.807) is 6.07 Å². The van der Waals surface area contributed by atoms with Gasteiger partial charge in [0.25, 0.3) is 0 Å². The van der Waals surface area contributed by atoms with Crippen molar-refractivity contribution in [2.75, 3.05) is 36.9 Å². The molecule has 0 fully saturated rings. The van der Waals surface area contributed by atoms with E-state index >= 15 is 0 Å². The molecule has 0 aliphatic rings. The maximum atomic E-state index is 9.10. The largest absolute Gasteiger partial charge is 0.399 e. The first kappa shape index (κ1) is 13.3. The summed E-state index contributed by atoms with van der Waals surface area (Å²) in [6.07, 6.45) is 0. The Balaban J connectivity index is 2.84. The molecular weight excluding hydrogens is 214 g/mol. The van der Waals surface area contributed by atoms with E-state index in [4.69, 9.17) is 15.7 Å². The van der Waals surface area contributed by atoms with Crippen LogP contribution in [-0.2, 0) is 4.74 Å². The molecule has 0 unspecified atom stereocenters. The highest BCUT2D eigenvalue weighted by Gasteiger charge is 2.09. The highest BCUT2D eigenvalue weighted by Crippen LogP contribution is 2.22. The lowest BCUT2D eigenvalue weighted by atomic mass is 10.1. The summed E-state index contributed by atoms with van der Waals surface area (Å²) >= 11 is 0. The molecule has 1 aromatic rings. The topological polar surface area (TPSA) is 62.3 Å². The molecule has 0 aliphatic heterocycles. The molecule has 1 aromatic carbocycles. The molecule has 0 aliphatic carbocycles. The summed E-state index contributed by atoms with van der Waals surface area (Å²) in [5, 5.41) is 9.10. The fourth-order valence-electron chi connectivity index (χ4n) is 1.69. The van der Waals surface area contributed by atoms with Crippen LogP contribution < -0.4 is 10.6 Å². The normalized spacial score (nSPS) is 9.94. The predicted octanol–water partition coefficient (Wildman–Crippen LogP) is 2.00. The van der Waals surface area contributed by atoms with Crippen molar-refractivity contribution < 1.29 is 4.74 Å². The Morgan fingerprint density at radius 3 is 2.76 bits per heavy atom. The van der Waals surface area contributed by atoms with Crippen molar-refractivity contribution in [2.45, 2.75) is 13.8 Å². The first-order valence-corrected chi connectivity index (χ1v) is 5.85. The molecule has 0 aromatic heterocycles. The number of anilines is 2. The van der Waals surface area contributed by atoms with Gasteiger partial charge in [-0.05, 0) is 32.0 Å². The Morgan fingerprint density at radius 2 is 2.18 bits per heavy atom. The zero-order valence-electron chi connectivity index (χ0n) is 10.4. The molecule has 0 bridgehead atoms. The first-order valence-electron chi connectivity index (χ1n) is 5.85. The minimum Gasteiger partial charge on any atom is -0.399 e. The molecule has 0 spiro atoms. The molecule has 92 valence electrons. The monoisotopic (exact) mass is 233 g/mol. The van der Waals surface area contributed by atoms with Crippen LogP contribution in [0.25, 0.3) is 0 Å². The van der Waals surface area contributed by atoms with E-state index in [0.29, 0.717) is 24.5 Å². The minimum atomic E-state index is 0.614. The van der Waals surface area contributed by atoms with Crippen molar-refractivity contribution in [1.29, 1.82) is 5.26 Å². The number of nitrogens with zero attached hydrogens (tertiary/aromatic N) is 2. The van der Waals surface area contributed by atoms with Crippen molar-refractivity contribution in [3.05, 3.63) is 23.8 Å². The van der Waals surface area contributed by atoms with Crippen molar-refractivity contribution >= 4 is 11.4 Å². The van der Waals surface area contributed by atoms with Crippen molar-refractivity contribution in [3.8, 4) is 6.07 Å². The van der Waals surface area contributed by atoms with Crippen LogP contribution in [0.4, 0.5) is 11.4 Å². The lowest BCUT2D eigenvalue weighted by Gasteiger charge is -2.24. The van der Waals surface area contributed by atoms with Crippen LogP contribution in [0.2, 0.25) is 0 Å². The number of nitriles is 1. The van der Waals surface area contributed by atoms with Crippen LogP contribution >= 0.6 is 0 Å². The third kappa shape index (κ3) is 3.65. The lowest BCUT2D eigenvalue weighted by Crippen LogP contribution is -2.27. The van der Waals surface area contributed by atoms with Gasteiger partial charge in [0.05, 0.1) is 17.9 Å². The minimum absolute atomic E-state index is 0.614. The quantitative estimate of drug-likeness (QED) is 0.603. The molecule has 1 rings (SSSR count). The number of hydrogen-bond donors (Lipinski definition) is 1. The lowest BCUT2D eigenvalue weighted by molar-refractivity contribution is 0.154. The third-order valence-electron chi connectivity index (χ3n) is 2.57. The zero-order chi connectivity index (χ0) is 12.7. The van der Waals surface area contributed by atoms with Gasteiger partial charge in [-0.2, -0.15) is 5.26 Å². The second kappa shape index (κ2) is 6.77. The Hall–Kier alpha value is -1.73. The molecule has 0 atom stereocenters. The molecule has 0 heterocycles. The number of nitrogen functional groups attached to an aromatic ring is 1. The molecule has 0 saturated heterocycles. The van der Waals surface area contributed by atoms with Crippen LogP contribution in [-0.4, -0.2) is 26.3 Å². The second-order valence-electron chi connectivity index (χ2n) is 3.66. The summed E-state index contributed by atoms with van der Waals surface area (Å²) in [6.45, 7) is 7.03. The van der Waals surface area contributed by atoms with Gasteiger partial charge in [0, 0.05) is 25.4 Å². The zero-order valence-corrected chi connectivity index (χ0v) is 10.4. The van der Waals surface area contributed by atoms with Crippen LogP contribution in [0, 0.1) is 11.3 Å². The van der Waals surface area contributed by atoms with E-state index in [0.717, 1.165) is 18.8 Å². The molecule has 17 heavy (non-hydrogen) atoms. The van der Waals surface area contributed by atoms with Gasteiger partial charge >= 0.3 is 0 Å². The highest BCUT2D eigenvalue weighted by atomic mass is 16.5. The van der Waals surface area contributed by atoms with Gasteiger partial charge < -0.3 is 15.4 Å². The van der Waals surface area contributed by atoms with Crippen LogP contribution in [0.15, 0.2) is 18.2 Å². The summed E-state index contributed by atoms with van der Waals surface area (Å²) in [4.78, 5) is 2.12. The van der Waals surface area contributed by atoms with Gasteiger partial charge in [0.2, 0.25) is 0 Å². The van der Waals surface area contributed by atoms with Gasteiger partial charge in [-0.1, -0.05) is 0 Å². The van der Waals surface area contributed by atoms with Crippen molar-refractivity contribution in [3.63, 3.8) is 0 Å².